The molecule has 0 bridgehead atoms. The van der Waals surface area contributed by atoms with Gasteiger partial charge in [-0.25, -0.2) is 0 Å². The molecule has 0 radical (unpaired) electrons. The number of amides is 1. The number of hydrogen-bond acceptors (Lipinski definition) is 13. The summed E-state index contributed by atoms with van der Waals surface area (Å²) in [4.78, 5) is 13.3. The van der Waals surface area contributed by atoms with Crippen molar-refractivity contribution in [3.63, 3.8) is 0 Å². The van der Waals surface area contributed by atoms with E-state index in [1.165, 1.54) is 244 Å². The third-order valence-corrected chi connectivity index (χ3v) is 18.0. The number of unbranched alkanes of at least 4 members (excludes halogenated alkanes) is 42. The Labute approximate surface area is 537 Å². The van der Waals surface area contributed by atoms with E-state index in [-0.39, 0.29) is 18.9 Å². The first-order valence-electron chi connectivity index (χ1n) is 36.9. The summed E-state index contributed by atoms with van der Waals surface area (Å²) < 4.78 is 22.8. The van der Waals surface area contributed by atoms with Gasteiger partial charge >= 0.3 is 0 Å². The Kier molecular flexibility index (Phi) is 54.8. The molecule has 516 valence electrons. The second kappa shape index (κ2) is 58.7. The lowest BCUT2D eigenvalue weighted by Gasteiger charge is -2.46. The van der Waals surface area contributed by atoms with Crippen molar-refractivity contribution in [3.8, 4) is 0 Å². The molecular weight excluding hydrogens is 1110 g/mol. The maximum Gasteiger partial charge on any atom is 0.220 e. The molecule has 88 heavy (non-hydrogen) atoms. The normalized spacial score (nSPS) is 23.4. The number of hydrogen-bond donors (Lipinski definition) is 9. The summed E-state index contributed by atoms with van der Waals surface area (Å²) in [7, 11) is 0. The SMILES string of the molecule is CCCCCCCCCC/C=C\CCCCCCCCCCCCCC(=O)NC(COC1OC(CO)C(OC2OC(CO)C(O)C(O)C2O)C(O)C1O)C(O)/C=C/CC/C=C/CC/C=C/CCCCCCCCCCCCCCCCCCCCCCC. The van der Waals surface area contributed by atoms with Crippen LogP contribution in [-0.2, 0) is 23.7 Å². The summed E-state index contributed by atoms with van der Waals surface area (Å²) in [6, 6.07) is -0.941. The predicted octanol–water partition coefficient (Wildman–Crippen LogP) is 15.5. The van der Waals surface area contributed by atoms with E-state index in [4.69, 9.17) is 18.9 Å². The van der Waals surface area contributed by atoms with Gasteiger partial charge in [-0.15, -0.1) is 0 Å². The Morgan fingerprint density at radius 2 is 0.727 bits per heavy atom. The van der Waals surface area contributed by atoms with Crippen molar-refractivity contribution in [1.29, 1.82) is 0 Å². The molecular formula is C74H137NO13. The predicted molar refractivity (Wildman–Crippen MR) is 360 cm³/mol. The zero-order valence-electron chi connectivity index (χ0n) is 56.2. The average molecular weight is 1250 g/mol. The Morgan fingerprint density at radius 1 is 0.398 bits per heavy atom. The third-order valence-electron chi connectivity index (χ3n) is 18.0. The second-order valence-corrected chi connectivity index (χ2v) is 26.1. The molecule has 14 nitrogen and oxygen atoms in total. The third kappa shape index (κ3) is 42.2. The monoisotopic (exact) mass is 1250 g/mol. The highest BCUT2D eigenvalue weighted by atomic mass is 16.7. The number of carbonyl (C=O) groups is 1. The van der Waals surface area contributed by atoms with Crippen LogP contribution >= 0.6 is 0 Å². The number of nitrogens with one attached hydrogen (secondary N) is 1. The van der Waals surface area contributed by atoms with Crippen LogP contribution in [0.25, 0.3) is 0 Å². The van der Waals surface area contributed by atoms with Gasteiger partial charge < -0.3 is 65.1 Å². The van der Waals surface area contributed by atoms with E-state index in [0.717, 1.165) is 44.9 Å². The summed E-state index contributed by atoms with van der Waals surface area (Å²) in [5.41, 5.74) is 0. The topological polar surface area (TPSA) is 228 Å². The molecule has 12 atom stereocenters. The highest BCUT2D eigenvalue weighted by Crippen LogP contribution is 2.30. The van der Waals surface area contributed by atoms with Crippen LogP contribution in [0.1, 0.15) is 322 Å². The van der Waals surface area contributed by atoms with Crippen LogP contribution < -0.4 is 5.32 Å². The Balaban J connectivity index is 1.68. The van der Waals surface area contributed by atoms with E-state index in [1.807, 2.05) is 6.08 Å². The molecule has 14 heteroatoms. The fourth-order valence-corrected chi connectivity index (χ4v) is 12.1. The minimum Gasteiger partial charge on any atom is -0.394 e. The van der Waals surface area contributed by atoms with Gasteiger partial charge in [0.05, 0.1) is 32.0 Å². The van der Waals surface area contributed by atoms with Crippen molar-refractivity contribution < 1.29 is 64.6 Å². The number of rotatable bonds is 61. The van der Waals surface area contributed by atoms with Crippen LogP contribution in [0, 0.1) is 0 Å². The van der Waals surface area contributed by atoms with Crippen molar-refractivity contribution in [3.05, 3.63) is 48.6 Å². The van der Waals surface area contributed by atoms with Gasteiger partial charge in [0.15, 0.2) is 12.6 Å². The van der Waals surface area contributed by atoms with E-state index < -0.39 is 86.8 Å². The van der Waals surface area contributed by atoms with Gasteiger partial charge in [-0.2, -0.15) is 0 Å². The van der Waals surface area contributed by atoms with Gasteiger partial charge in [0.1, 0.15) is 48.8 Å². The maximum atomic E-state index is 13.3. The summed E-state index contributed by atoms with van der Waals surface area (Å²) in [6.45, 7) is 2.82. The maximum absolute atomic E-state index is 13.3. The molecule has 1 amide bonds. The first-order valence-corrected chi connectivity index (χ1v) is 36.9. The lowest BCUT2D eigenvalue weighted by atomic mass is 9.97. The molecule has 2 saturated heterocycles. The number of aliphatic hydroxyl groups is 8. The van der Waals surface area contributed by atoms with Gasteiger partial charge in [-0.1, -0.05) is 294 Å². The van der Waals surface area contributed by atoms with Gasteiger partial charge in [0.25, 0.3) is 0 Å². The molecule has 9 N–H and O–H groups in total. The van der Waals surface area contributed by atoms with Crippen molar-refractivity contribution in [1.82, 2.24) is 5.32 Å². The first kappa shape index (κ1) is 82.0. The minimum atomic E-state index is -1.79. The van der Waals surface area contributed by atoms with Crippen LogP contribution in [0.15, 0.2) is 48.6 Å². The fraction of sp³-hybridized carbons (Fsp3) is 0.878. The molecule has 0 saturated carbocycles. The van der Waals surface area contributed by atoms with Crippen LogP contribution in [0.5, 0.6) is 0 Å². The molecule has 0 spiro atoms. The van der Waals surface area contributed by atoms with Crippen molar-refractivity contribution in [2.24, 2.45) is 0 Å². The van der Waals surface area contributed by atoms with Crippen LogP contribution in [0.4, 0.5) is 0 Å². The molecule has 2 aliphatic rings. The first-order chi connectivity index (χ1) is 43.1. The summed E-state index contributed by atoms with van der Waals surface area (Å²) in [6.07, 6.45) is 60.4. The zero-order chi connectivity index (χ0) is 63.8. The van der Waals surface area contributed by atoms with Crippen molar-refractivity contribution >= 4 is 5.91 Å². The van der Waals surface area contributed by atoms with E-state index in [0.29, 0.717) is 12.8 Å². The highest BCUT2D eigenvalue weighted by molar-refractivity contribution is 5.76. The van der Waals surface area contributed by atoms with E-state index in [2.05, 4.69) is 55.6 Å². The van der Waals surface area contributed by atoms with Crippen molar-refractivity contribution in [2.45, 2.75) is 396 Å². The number of carbonyl (C=O) groups excluding carboxylic acids is 1. The average Bonchev–Trinajstić information content (AvgIpc) is 1.78. The lowest BCUT2D eigenvalue weighted by Crippen LogP contribution is -2.65. The molecule has 2 fully saturated rings. The standard InChI is InChI=1S/C74H137NO13/c1-3-5-7-9-11-13-15-17-19-21-23-25-27-28-29-30-31-32-33-34-36-37-39-41-43-45-47-49-51-53-55-57-63(78)62(61-85-73-71(84)69(82)72(65(60-77)87-73)88-74-70(83)68(81)67(80)64(59-76)86-74)75-66(79)58-56-54-52-50-48-46-44-42-40-38-35-26-24-22-20-18-16-14-12-10-8-6-4-2/h22,24,39,41,47,49,55,57,62-65,67-74,76-78,80-84H,3-21,23,25-38,40,42-46,48,50-54,56,58-61H2,1-2H3,(H,75,79)/b24-22-,41-39+,49-47+,57-55+. The smallest absolute Gasteiger partial charge is 0.220 e. The molecule has 0 aliphatic carbocycles. The zero-order valence-corrected chi connectivity index (χ0v) is 56.2. The van der Waals surface area contributed by atoms with E-state index in [1.54, 1.807) is 6.08 Å². The number of aliphatic hydroxyl groups excluding tert-OH is 8. The van der Waals surface area contributed by atoms with Gasteiger partial charge in [-0.3, -0.25) is 4.79 Å². The van der Waals surface area contributed by atoms with E-state index in [9.17, 15) is 45.6 Å². The van der Waals surface area contributed by atoms with Crippen molar-refractivity contribution in [2.75, 3.05) is 19.8 Å². The number of allylic oxidation sites excluding steroid dienone is 7. The van der Waals surface area contributed by atoms with Crippen LogP contribution in [0.2, 0.25) is 0 Å². The molecule has 2 heterocycles. The largest absolute Gasteiger partial charge is 0.394 e. The Morgan fingerprint density at radius 3 is 1.11 bits per heavy atom. The summed E-state index contributed by atoms with van der Waals surface area (Å²) in [5, 5.41) is 87.5. The quantitative estimate of drug-likeness (QED) is 0.0204. The molecule has 2 rings (SSSR count). The fourth-order valence-electron chi connectivity index (χ4n) is 12.1. The van der Waals surface area contributed by atoms with E-state index >= 15 is 0 Å². The Bertz CT molecular complexity index is 1660. The molecule has 12 unspecified atom stereocenters. The molecule has 0 aromatic heterocycles. The molecule has 0 aromatic carbocycles. The summed E-state index contributed by atoms with van der Waals surface area (Å²) >= 11 is 0. The second-order valence-electron chi connectivity index (χ2n) is 26.1. The molecule has 2 aliphatic heterocycles. The lowest BCUT2D eigenvalue weighted by molar-refractivity contribution is -0.359. The molecule has 0 aromatic rings. The van der Waals surface area contributed by atoms with Gasteiger partial charge in [0.2, 0.25) is 5.91 Å². The number of ether oxygens (including phenoxy) is 4. The van der Waals surface area contributed by atoms with Crippen LogP contribution in [-0.4, -0.2) is 140 Å². The minimum absolute atomic E-state index is 0.251. The van der Waals surface area contributed by atoms with Crippen LogP contribution in [0.3, 0.4) is 0 Å². The highest BCUT2D eigenvalue weighted by Gasteiger charge is 2.51. The Hall–Kier alpha value is -2.05. The van der Waals surface area contributed by atoms with Gasteiger partial charge in [0, 0.05) is 6.42 Å². The summed E-state index contributed by atoms with van der Waals surface area (Å²) in [5.74, 6) is -0.251. The van der Waals surface area contributed by atoms with Gasteiger partial charge in [-0.05, 0) is 70.6 Å².